The van der Waals surface area contributed by atoms with E-state index in [4.69, 9.17) is 9.26 Å². The second kappa shape index (κ2) is 8.89. The first kappa shape index (κ1) is 21.2. The highest BCUT2D eigenvalue weighted by Crippen LogP contribution is 2.31. The SMILES string of the molecule is CCCCn1nc(C(=O)OCc2nc(-c3cccc(C(F)(F)F)c3)no2)ccc1=O. The van der Waals surface area contributed by atoms with Gasteiger partial charge < -0.3 is 9.26 Å². The minimum atomic E-state index is -4.50. The van der Waals surface area contributed by atoms with E-state index >= 15 is 0 Å². The topological polar surface area (TPSA) is 100 Å². The molecule has 0 bridgehead atoms. The molecule has 0 fully saturated rings. The highest BCUT2D eigenvalue weighted by molar-refractivity contribution is 5.86. The number of halogens is 3. The van der Waals surface area contributed by atoms with E-state index in [1.165, 1.54) is 28.9 Å². The van der Waals surface area contributed by atoms with Crippen LogP contribution in [0.3, 0.4) is 0 Å². The maximum atomic E-state index is 12.8. The maximum absolute atomic E-state index is 12.8. The summed E-state index contributed by atoms with van der Waals surface area (Å²) in [5.74, 6) is -0.979. The minimum absolute atomic E-state index is 0.0664. The number of aromatic nitrogens is 4. The van der Waals surface area contributed by atoms with Crippen molar-refractivity contribution in [2.24, 2.45) is 0 Å². The van der Waals surface area contributed by atoms with Crippen molar-refractivity contribution >= 4 is 5.97 Å². The zero-order valence-electron chi connectivity index (χ0n) is 15.8. The molecule has 0 aliphatic heterocycles. The van der Waals surface area contributed by atoms with E-state index in [1.807, 2.05) is 6.92 Å². The number of carbonyl (C=O) groups excluding carboxylic acids is 1. The molecule has 0 atom stereocenters. The van der Waals surface area contributed by atoms with Crippen LogP contribution >= 0.6 is 0 Å². The van der Waals surface area contributed by atoms with Crippen LogP contribution in [-0.2, 0) is 24.1 Å². The molecule has 158 valence electrons. The van der Waals surface area contributed by atoms with Gasteiger partial charge in [0.25, 0.3) is 11.4 Å². The summed E-state index contributed by atoms with van der Waals surface area (Å²) in [7, 11) is 0. The van der Waals surface area contributed by atoms with Gasteiger partial charge in [-0.1, -0.05) is 30.6 Å². The summed E-state index contributed by atoms with van der Waals surface area (Å²) in [6.45, 7) is 1.93. The van der Waals surface area contributed by atoms with E-state index in [9.17, 15) is 22.8 Å². The maximum Gasteiger partial charge on any atom is 0.416 e. The van der Waals surface area contributed by atoms with E-state index in [2.05, 4.69) is 15.2 Å². The summed E-state index contributed by atoms with van der Waals surface area (Å²) in [6, 6.07) is 6.92. The quantitative estimate of drug-likeness (QED) is 0.538. The Hall–Kier alpha value is -3.50. The van der Waals surface area contributed by atoms with Crippen molar-refractivity contribution < 1.29 is 27.2 Å². The molecule has 0 unspecified atom stereocenters. The van der Waals surface area contributed by atoms with Crippen LogP contribution in [0.2, 0.25) is 0 Å². The molecule has 30 heavy (non-hydrogen) atoms. The molecule has 2 aromatic heterocycles. The van der Waals surface area contributed by atoms with Crippen LogP contribution in [-0.4, -0.2) is 25.9 Å². The first-order chi connectivity index (χ1) is 14.3. The molecule has 0 saturated heterocycles. The lowest BCUT2D eigenvalue weighted by Crippen LogP contribution is -2.25. The molecule has 0 saturated carbocycles. The van der Waals surface area contributed by atoms with Crippen LogP contribution in [0.4, 0.5) is 13.2 Å². The minimum Gasteiger partial charge on any atom is -0.451 e. The fourth-order valence-corrected chi connectivity index (χ4v) is 2.49. The van der Waals surface area contributed by atoms with E-state index < -0.39 is 24.3 Å². The van der Waals surface area contributed by atoms with Gasteiger partial charge in [-0.25, -0.2) is 9.48 Å². The number of esters is 1. The molecule has 3 rings (SSSR count). The van der Waals surface area contributed by atoms with E-state index in [1.54, 1.807) is 0 Å². The number of hydrogen-bond acceptors (Lipinski definition) is 7. The molecule has 0 radical (unpaired) electrons. The standard InChI is InChI=1S/C19H17F3N4O4/c1-2-3-9-26-16(27)8-7-14(24-26)18(28)29-11-15-23-17(25-30-15)12-5-4-6-13(10-12)19(20,21)22/h4-8,10H,2-3,9,11H2,1H3. The summed E-state index contributed by atoms with van der Waals surface area (Å²) >= 11 is 0. The van der Waals surface area contributed by atoms with Crippen LogP contribution in [0.15, 0.2) is 45.7 Å². The molecule has 0 amide bonds. The van der Waals surface area contributed by atoms with Crippen molar-refractivity contribution in [1.82, 2.24) is 19.9 Å². The lowest BCUT2D eigenvalue weighted by molar-refractivity contribution is -0.137. The molecule has 3 aromatic rings. The molecule has 11 heteroatoms. The van der Waals surface area contributed by atoms with Gasteiger partial charge in [0, 0.05) is 18.2 Å². The fraction of sp³-hybridized carbons (Fsp3) is 0.316. The number of ether oxygens (including phenoxy) is 1. The highest BCUT2D eigenvalue weighted by Gasteiger charge is 2.30. The summed E-state index contributed by atoms with van der Waals surface area (Å²) in [5, 5.41) is 7.58. The second-order valence-corrected chi connectivity index (χ2v) is 6.30. The number of alkyl halides is 3. The fourth-order valence-electron chi connectivity index (χ4n) is 2.49. The van der Waals surface area contributed by atoms with Crippen molar-refractivity contribution in [2.75, 3.05) is 0 Å². The average molecular weight is 422 g/mol. The van der Waals surface area contributed by atoms with Gasteiger partial charge in [-0.3, -0.25) is 4.79 Å². The predicted molar refractivity (Wildman–Crippen MR) is 97.3 cm³/mol. The van der Waals surface area contributed by atoms with Crippen molar-refractivity contribution in [2.45, 2.75) is 39.1 Å². The zero-order valence-corrected chi connectivity index (χ0v) is 15.8. The summed E-state index contributed by atoms with van der Waals surface area (Å²) in [4.78, 5) is 27.9. The Bertz CT molecular complexity index is 1090. The summed E-state index contributed by atoms with van der Waals surface area (Å²) in [6.07, 6.45) is -2.92. The van der Waals surface area contributed by atoms with Crippen LogP contribution < -0.4 is 5.56 Å². The average Bonchev–Trinajstić information content (AvgIpc) is 3.20. The Morgan fingerprint density at radius 1 is 1.23 bits per heavy atom. The second-order valence-electron chi connectivity index (χ2n) is 6.30. The molecule has 0 aliphatic rings. The predicted octanol–water partition coefficient (Wildman–Crippen LogP) is 3.47. The molecular weight excluding hydrogens is 405 g/mol. The van der Waals surface area contributed by atoms with Gasteiger partial charge in [0.15, 0.2) is 12.3 Å². The van der Waals surface area contributed by atoms with Crippen LogP contribution in [0.25, 0.3) is 11.4 Å². The summed E-state index contributed by atoms with van der Waals surface area (Å²) in [5.41, 5.74) is -1.14. The van der Waals surface area contributed by atoms with Crippen molar-refractivity contribution in [3.63, 3.8) is 0 Å². The Morgan fingerprint density at radius 3 is 2.77 bits per heavy atom. The van der Waals surface area contributed by atoms with Gasteiger partial charge in [-0.2, -0.15) is 23.3 Å². The van der Waals surface area contributed by atoms with Crippen LogP contribution in [0.1, 0.15) is 41.7 Å². The molecule has 8 nitrogen and oxygen atoms in total. The molecule has 0 aliphatic carbocycles. The summed E-state index contributed by atoms with van der Waals surface area (Å²) < 4.78 is 49.7. The third kappa shape index (κ3) is 5.10. The first-order valence-corrected chi connectivity index (χ1v) is 9.03. The number of benzene rings is 1. The third-order valence-electron chi connectivity index (χ3n) is 4.04. The van der Waals surface area contributed by atoms with Gasteiger partial charge in [0.2, 0.25) is 5.82 Å². The number of rotatable bonds is 7. The Labute approximate surface area is 168 Å². The van der Waals surface area contributed by atoms with Gasteiger partial charge >= 0.3 is 12.1 Å². The largest absolute Gasteiger partial charge is 0.451 e. The molecule has 0 N–H and O–H groups in total. The Kier molecular flexibility index (Phi) is 6.28. The molecular formula is C19H17F3N4O4. The Balaban J connectivity index is 1.67. The third-order valence-corrected chi connectivity index (χ3v) is 4.04. The van der Waals surface area contributed by atoms with Gasteiger partial charge in [0.1, 0.15) is 0 Å². The molecule has 2 heterocycles. The van der Waals surface area contributed by atoms with E-state index in [0.29, 0.717) is 6.54 Å². The number of hydrogen-bond donors (Lipinski definition) is 0. The number of aryl methyl sites for hydroxylation is 1. The van der Waals surface area contributed by atoms with Crippen molar-refractivity contribution in [3.8, 4) is 11.4 Å². The monoisotopic (exact) mass is 422 g/mol. The molecule has 0 spiro atoms. The van der Waals surface area contributed by atoms with Crippen molar-refractivity contribution in [1.29, 1.82) is 0 Å². The van der Waals surface area contributed by atoms with Gasteiger partial charge in [0.05, 0.1) is 5.56 Å². The number of carbonyl (C=O) groups is 1. The lowest BCUT2D eigenvalue weighted by Gasteiger charge is -2.06. The lowest BCUT2D eigenvalue weighted by atomic mass is 10.1. The number of unbranched alkanes of at least 4 members (excludes halogenated alkanes) is 1. The van der Waals surface area contributed by atoms with Crippen LogP contribution in [0, 0.1) is 0 Å². The zero-order chi connectivity index (χ0) is 21.7. The van der Waals surface area contributed by atoms with E-state index in [0.717, 1.165) is 25.0 Å². The van der Waals surface area contributed by atoms with Gasteiger partial charge in [-0.15, -0.1) is 0 Å². The molecule has 1 aromatic carbocycles. The van der Waals surface area contributed by atoms with Gasteiger partial charge in [-0.05, 0) is 24.6 Å². The van der Waals surface area contributed by atoms with Crippen molar-refractivity contribution in [3.05, 3.63) is 63.9 Å². The highest BCUT2D eigenvalue weighted by atomic mass is 19.4. The number of nitrogens with zero attached hydrogens (tertiary/aromatic N) is 4. The normalized spacial score (nSPS) is 11.5. The Morgan fingerprint density at radius 2 is 2.03 bits per heavy atom. The van der Waals surface area contributed by atoms with E-state index in [-0.39, 0.29) is 28.5 Å². The first-order valence-electron chi connectivity index (χ1n) is 9.03. The van der Waals surface area contributed by atoms with Crippen LogP contribution in [0.5, 0.6) is 0 Å². The smallest absolute Gasteiger partial charge is 0.416 e.